The summed E-state index contributed by atoms with van der Waals surface area (Å²) in [7, 11) is 0. The number of rotatable bonds is 8. The van der Waals surface area contributed by atoms with Crippen LogP contribution >= 0.6 is 0 Å². The number of carbonyl (C=O) groups is 3. The highest BCUT2D eigenvalue weighted by atomic mass is 19.1. The highest BCUT2D eigenvalue weighted by Crippen LogP contribution is 2.38. The van der Waals surface area contributed by atoms with Gasteiger partial charge in [-0.3, -0.25) is 9.59 Å². The van der Waals surface area contributed by atoms with Crippen LogP contribution in [0.2, 0.25) is 0 Å². The van der Waals surface area contributed by atoms with Crippen LogP contribution < -0.4 is 5.32 Å². The van der Waals surface area contributed by atoms with Crippen LogP contribution in [0, 0.1) is 5.82 Å². The van der Waals surface area contributed by atoms with E-state index < -0.39 is 17.7 Å². The molecule has 0 saturated heterocycles. The fourth-order valence-corrected chi connectivity index (χ4v) is 4.05. The van der Waals surface area contributed by atoms with Crippen molar-refractivity contribution < 1.29 is 23.5 Å². The van der Waals surface area contributed by atoms with Gasteiger partial charge in [-0.25, -0.2) is 9.18 Å². The molecule has 2 aromatic carbocycles. The molecule has 0 aromatic heterocycles. The van der Waals surface area contributed by atoms with Crippen LogP contribution in [0.25, 0.3) is 0 Å². The molecule has 0 spiro atoms. The van der Waals surface area contributed by atoms with Crippen LogP contribution in [0.1, 0.15) is 67.9 Å². The van der Waals surface area contributed by atoms with E-state index in [1.54, 1.807) is 56.3 Å². The van der Waals surface area contributed by atoms with Crippen molar-refractivity contribution in [3.8, 4) is 0 Å². The van der Waals surface area contributed by atoms with E-state index >= 15 is 0 Å². The zero-order chi connectivity index (χ0) is 24.8. The molecule has 2 atom stereocenters. The Hall–Kier alpha value is -3.48. The van der Waals surface area contributed by atoms with Crippen molar-refractivity contribution in [2.75, 3.05) is 6.61 Å². The number of ether oxygens (including phenoxy) is 1. The zero-order valence-corrected chi connectivity index (χ0v) is 20.1. The first-order chi connectivity index (χ1) is 16.3. The molecule has 2 amide bonds. The van der Waals surface area contributed by atoms with Gasteiger partial charge >= 0.3 is 5.97 Å². The molecule has 0 radical (unpaired) electrons. The predicted octanol–water partition coefficient (Wildman–Crippen LogP) is 4.71. The normalized spacial score (nSPS) is 16.9. The summed E-state index contributed by atoms with van der Waals surface area (Å²) >= 11 is 0. The van der Waals surface area contributed by atoms with E-state index in [-0.39, 0.29) is 43.0 Å². The number of carbonyl (C=O) groups excluding carboxylic acids is 3. The predicted molar refractivity (Wildman–Crippen MR) is 127 cm³/mol. The molecule has 7 heteroatoms. The highest BCUT2D eigenvalue weighted by Gasteiger charge is 2.37. The maximum Gasteiger partial charge on any atom is 0.336 e. The molecule has 1 aliphatic rings. The average molecular weight is 467 g/mol. The van der Waals surface area contributed by atoms with E-state index in [0.29, 0.717) is 16.8 Å². The number of benzene rings is 2. The van der Waals surface area contributed by atoms with Crippen molar-refractivity contribution in [2.45, 2.75) is 59.0 Å². The molecular weight excluding hydrogens is 435 g/mol. The molecule has 2 aromatic rings. The fourth-order valence-electron chi connectivity index (χ4n) is 4.05. The molecule has 1 N–H and O–H groups in total. The van der Waals surface area contributed by atoms with Crippen LogP contribution in [-0.2, 0) is 20.9 Å². The lowest BCUT2D eigenvalue weighted by Crippen LogP contribution is -2.38. The van der Waals surface area contributed by atoms with Gasteiger partial charge in [0, 0.05) is 29.6 Å². The Morgan fingerprint density at radius 2 is 1.82 bits per heavy atom. The van der Waals surface area contributed by atoms with E-state index in [1.807, 2.05) is 13.8 Å². The third-order valence-electron chi connectivity index (χ3n) is 6.15. The minimum absolute atomic E-state index is 0.0399. The molecule has 1 aliphatic heterocycles. The number of esters is 1. The summed E-state index contributed by atoms with van der Waals surface area (Å²) < 4.78 is 19.8. The molecule has 34 heavy (non-hydrogen) atoms. The van der Waals surface area contributed by atoms with Gasteiger partial charge in [-0.2, -0.15) is 0 Å². The van der Waals surface area contributed by atoms with Crippen molar-refractivity contribution in [3.63, 3.8) is 0 Å². The minimum Gasteiger partial charge on any atom is -0.463 e. The third-order valence-corrected chi connectivity index (χ3v) is 6.15. The molecule has 180 valence electrons. The Kier molecular flexibility index (Phi) is 8.21. The monoisotopic (exact) mass is 466 g/mol. The standard InChI is InChI=1S/C27H31FN2O4/c1-5-17(3)29-26(32)20-13-11-19(12-14-20)16-30-18(4)25(27(33)34-6-2)22(15-24(30)31)21-9-7-8-10-23(21)28/h7-14,17,22H,5-6,15-16H2,1-4H3,(H,29,32). The summed E-state index contributed by atoms with van der Waals surface area (Å²) in [6, 6.07) is 13.3. The third kappa shape index (κ3) is 5.53. The van der Waals surface area contributed by atoms with Crippen molar-refractivity contribution in [1.82, 2.24) is 10.2 Å². The van der Waals surface area contributed by atoms with E-state index in [4.69, 9.17) is 4.74 Å². The van der Waals surface area contributed by atoms with Gasteiger partial charge in [0.2, 0.25) is 5.91 Å². The summed E-state index contributed by atoms with van der Waals surface area (Å²) in [6.45, 7) is 7.74. The molecule has 2 unspecified atom stereocenters. The summed E-state index contributed by atoms with van der Waals surface area (Å²) in [5.74, 6) is -2.09. The maximum atomic E-state index is 14.6. The van der Waals surface area contributed by atoms with E-state index in [9.17, 15) is 18.8 Å². The maximum absolute atomic E-state index is 14.6. The van der Waals surface area contributed by atoms with Gasteiger partial charge in [0.15, 0.2) is 0 Å². The molecule has 1 heterocycles. The van der Waals surface area contributed by atoms with Gasteiger partial charge in [0.1, 0.15) is 5.82 Å². The van der Waals surface area contributed by atoms with Crippen LogP contribution in [0.4, 0.5) is 4.39 Å². The van der Waals surface area contributed by atoms with Crippen LogP contribution in [0.3, 0.4) is 0 Å². The van der Waals surface area contributed by atoms with Crippen LogP contribution in [0.5, 0.6) is 0 Å². The number of nitrogens with one attached hydrogen (secondary N) is 1. The molecule has 6 nitrogen and oxygen atoms in total. The van der Waals surface area contributed by atoms with Gasteiger partial charge in [0.05, 0.1) is 18.7 Å². The average Bonchev–Trinajstić information content (AvgIpc) is 2.82. The van der Waals surface area contributed by atoms with Crippen molar-refractivity contribution in [1.29, 1.82) is 0 Å². The smallest absolute Gasteiger partial charge is 0.336 e. The summed E-state index contributed by atoms with van der Waals surface area (Å²) in [6.07, 6.45) is 0.797. The van der Waals surface area contributed by atoms with Crippen LogP contribution in [-0.4, -0.2) is 35.3 Å². The summed E-state index contributed by atoms with van der Waals surface area (Å²) in [5, 5.41) is 2.92. The number of allylic oxidation sites excluding steroid dienone is 1. The van der Waals surface area contributed by atoms with Gasteiger partial charge in [0.25, 0.3) is 5.91 Å². The Balaban J connectivity index is 1.90. The zero-order valence-electron chi connectivity index (χ0n) is 20.1. The van der Waals surface area contributed by atoms with E-state index in [2.05, 4.69) is 5.32 Å². The molecule has 0 fully saturated rings. The summed E-state index contributed by atoms with van der Waals surface area (Å²) in [4.78, 5) is 39.8. The SMILES string of the molecule is CCOC(=O)C1=C(C)N(Cc2ccc(C(=O)NC(C)CC)cc2)C(=O)CC1c1ccccc1F. The lowest BCUT2D eigenvalue weighted by Gasteiger charge is -2.34. The number of nitrogens with zero attached hydrogens (tertiary/aromatic N) is 1. The topological polar surface area (TPSA) is 75.7 Å². The number of amides is 2. The van der Waals surface area contributed by atoms with Crippen molar-refractivity contribution >= 4 is 17.8 Å². The molecule has 0 aliphatic carbocycles. The summed E-state index contributed by atoms with van der Waals surface area (Å²) in [5.41, 5.74) is 2.38. The van der Waals surface area contributed by atoms with Gasteiger partial charge in [-0.1, -0.05) is 37.3 Å². The van der Waals surface area contributed by atoms with Gasteiger partial charge in [-0.15, -0.1) is 0 Å². The number of halogens is 1. The molecular formula is C27H31FN2O4. The van der Waals surface area contributed by atoms with E-state index in [0.717, 1.165) is 12.0 Å². The first kappa shape index (κ1) is 25.1. The minimum atomic E-state index is -0.712. The van der Waals surface area contributed by atoms with Crippen molar-refractivity contribution in [2.24, 2.45) is 0 Å². The molecule has 0 saturated carbocycles. The molecule has 0 bridgehead atoms. The number of hydrogen-bond acceptors (Lipinski definition) is 4. The fraction of sp³-hybridized carbons (Fsp3) is 0.370. The Labute approximate surface area is 199 Å². The second-order valence-corrected chi connectivity index (χ2v) is 8.46. The second-order valence-electron chi connectivity index (χ2n) is 8.46. The van der Waals surface area contributed by atoms with Gasteiger partial charge in [-0.05, 0) is 56.5 Å². The quantitative estimate of drug-likeness (QED) is 0.572. The Bertz CT molecular complexity index is 1090. The van der Waals surface area contributed by atoms with Gasteiger partial charge < -0.3 is 15.0 Å². The molecule has 3 rings (SSSR count). The Morgan fingerprint density at radius 1 is 1.15 bits per heavy atom. The lowest BCUT2D eigenvalue weighted by molar-refractivity contribution is -0.140. The van der Waals surface area contributed by atoms with Crippen molar-refractivity contribution in [3.05, 3.63) is 82.3 Å². The van der Waals surface area contributed by atoms with Crippen LogP contribution in [0.15, 0.2) is 59.8 Å². The lowest BCUT2D eigenvalue weighted by atomic mass is 9.83. The first-order valence-corrected chi connectivity index (χ1v) is 11.6. The van der Waals surface area contributed by atoms with E-state index in [1.165, 1.54) is 11.0 Å². The highest BCUT2D eigenvalue weighted by molar-refractivity contribution is 5.96. The Morgan fingerprint density at radius 3 is 2.44 bits per heavy atom. The first-order valence-electron chi connectivity index (χ1n) is 11.6. The number of hydrogen-bond donors (Lipinski definition) is 1. The largest absolute Gasteiger partial charge is 0.463 e. The second kappa shape index (κ2) is 11.1.